The molecule has 6 aromatic carbocycles. The van der Waals surface area contributed by atoms with Gasteiger partial charge < -0.3 is 9.47 Å². The fourth-order valence-corrected chi connectivity index (χ4v) is 5.35. The molecule has 0 aliphatic carbocycles. The third-order valence-electron chi connectivity index (χ3n) is 7.32. The second-order valence-corrected chi connectivity index (χ2v) is 9.84. The van der Waals surface area contributed by atoms with Gasteiger partial charge in [-0.3, -0.25) is 0 Å². The van der Waals surface area contributed by atoms with Crippen molar-refractivity contribution in [2.45, 2.75) is 0 Å². The average molecular weight is 515 g/mol. The van der Waals surface area contributed by atoms with E-state index < -0.39 is 0 Å². The third-order valence-corrected chi connectivity index (χ3v) is 7.32. The highest BCUT2D eigenvalue weighted by Crippen LogP contribution is 2.49. The summed E-state index contributed by atoms with van der Waals surface area (Å²) in [6.07, 6.45) is 0. The second-order valence-electron chi connectivity index (χ2n) is 9.84. The smallest absolute Gasteiger partial charge is 0.177 e. The monoisotopic (exact) mass is 514 g/mol. The van der Waals surface area contributed by atoms with Crippen LogP contribution in [0.1, 0.15) is 0 Å². The standard InChI is InChI=1S/C36H22N2O2/c1-2-10-24(11-3-1)34-29-15-6-7-16-30(29)37-36(38-34)27-13-8-12-25(21-27)26-18-19-31-33(22-26)40-35-28-14-5-4-9-23(28)17-20-32(35)39-31/h1-22H. The zero-order valence-electron chi connectivity index (χ0n) is 21.4. The van der Waals surface area contributed by atoms with Crippen molar-refractivity contribution >= 4 is 21.7 Å². The Labute approximate surface area is 231 Å². The highest BCUT2D eigenvalue weighted by molar-refractivity contribution is 5.94. The zero-order chi connectivity index (χ0) is 26.5. The minimum absolute atomic E-state index is 0.692. The number of benzene rings is 6. The maximum absolute atomic E-state index is 6.43. The highest BCUT2D eigenvalue weighted by Gasteiger charge is 2.22. The molecule has 0 atom stereocenters. The van der Waals surface area contributed by atoms with Gasteiger partial charge in [-0.1, -0.05) is 103 Å². The summed E-state index contributed by atoms with van der Waals surface area (Å²) in [6, 6.07) is 45.0. The summed E-state index contributed by atoms with van der Waals surface area (Å²) in [5, 5.41) is 3.18. The summed E-state index contributed by atoms with van der Waals surface area (Å²) in [7, 11) is 0. The summed E-state index contributed by atoms with van der Waals surface area (Å²) in [5.41, 5.74) is 5.94. The van der Waals surface area contributed by atoms with E-state index >= 15 is 0 Å². The minimum Gasteiger partial charge on any atom is -0.449 e. The maximum Gasteiger partial charge on any atom is 0.177 e. The van der Waals surface area contributed by atoms with Crippen LogP contribution in [0.5, 0.6) is 23.0 Å². The van der Waals surface area contributed by atoms with Gasteiger partial charge in [0.25, 0.3) is 0 Å². The number of hydrogen-bond donors (Lipinski definition) is 0. The lowest BCUT2D eigenvalue weighted by Gasteiger charge is -2.22. The van der Waals surface area contributed by atoms with Crippen LogP contribution in [0, 0.1) is 0 Å². The van der Waals surface area contributed by atoms with E-state index in [9.17, 15) is 0 Å². The van der Waals surface area contributed by atoms with Gasteiger partial charge in [0.05, 0.1) is 11.2 Å². The molecule has 8 rings (SSSR count). The van der Waals surface area contributed by atoms with Crippen LogP contribution in [-0.4, -0.2) is 9.97 Å². The first-order valence-corrected chi connectivity index (χ1v) is 13.2. The topological polar surface area (TPSA) is 44.2 Å². The number of para-hydroxylation sites is 1. The van der Waals surface area contributed by atoms with Crippen molar-refractivity contribution in [3.8, 4) is 56.8 Å². The molecule has 0 saturated heterocycles. The van der Waals surface area contributed by atoms with Crippen molar-refractivity contribution in [1.82, 2.24) is 9.97 Å². The lowest BCUT2D eigenvalue weighted by atomic mass is 10.0. The van der Waals surface area contributed by atoms with E-state index in [4.69, 9.17) is 19.4 Å². The Hall–Kier alpha value is -5.48. The van der Waals surface area contributed by atoms with Gasteiger partial charge in [0.1, 0.15) is 0 Å². The zero-order valence-corrected chi connectivity index (χ0v) is 21.4. The molecule has 188 valence electrons. The third kappa shape index (κ3) is 3.77. The van der Waals surface area contributed by atoms with Crippen LogP contribution in [0.3, 0.4) is 0 Å². The molecule has 4 heteroatoms. The molecule has 1 aliphatic rings. The van der Waals surface area contributed by atoms with Crippen molar-refractivity contribution in [1.29, 1.82) is 0 Å². The largest absolute Gasteiger partial charge is 0.449 e. The molecular weight excluding hydrogens is 492 g/mol. The van der Waals surface area contributed by atoms with Crippen molar-refractivity contribution in [2.75, 3.05) is 0 Å². The number of aromatic nitrogens is 2. The van der Waals surface area contributed by atoms with E-state index in [1.165, 1.54) is 0 Å². The Kier molecular flexibility index (Phi) is 5.10. The Bertz CT molecular complexity index is 2070. The quantitative estimate of drug-likeness (QED) is 0.235. The second kappa shape index (κ2) is 9.07. The van der Waals surface area contributed by atoms with Gasteiger partial charge in [-0.05, 0) is 46.8 Å². The van der Waals surface area contributed by atoms with E-state index in [2.05, 4.69) is 60.7 Å². The van der Waals surface area contributed by atoms with Crippen LogP contribution in [0.4, 0.5) is 0 Å². The van der Waals surface area contributed by atoms with Crippen LogP contribution >= 0.6 is 0 Å². The fourth-order valence-electron chi connectivity index (χ4n) is 5.35. The Morgan fingerprint density at radius 3 is 2.08 bits per heavy atom. The Morgan fingerprint density at radius 1 is 0.425 bits per heavy atom. The summed E-state index contributed by atoms with van der Waals surface area (Å²) in [5.74, 6) is 3.56. The summed E-state index contributed by atoms with van der Waals surface area (Å²) < 4.78 is 12.7. The SMILES string of the molecule is c1ccc(-c2nc(-c3cccc(-c4ccc5c(c4)Oc4c(ccc6ccccc46)O5)c3)nc3ccccc23)cc1. The molecule has 0 fully saturated rings. The van der Waals surface area contributed by atoms with Crippen molar-refractivity contribution in [2.24, 2.45) is 0 Å². The lowest BCUT2D eigenvalue weighted by molar-refractivity contribution is 0.363. The average Bonchev–Trinajstić information content (AvgIpc) is 3.03. The van der Waals surface area contributed by atoms with Crippen molar-refractivity contribution in [3.05, 3.63) is 133 Å². The first-order valence-electron chi connectivity index (χ1n) is 13.2. The molecular formula is C36H22N2O2. The maximum atomic E-state index is 6.43. The van der Waals surface area contributed by atoms with Gasteiger partial charge in [-0.25, -0.2) is 9.97 Å². The van der Waals surface area contributed by atoms with Gasteiger partial charge >= 0.3 is 0 Å². The molecule has 4 nitrogen and oxygen atoms in total. The molecule has 2 heterocycles. The van der Waals surface area contributed by atoms with E-state index in [-0.39, 0.29) is 0 Å². The molecule has 0 spiro atoms. The number of ether oxygens (including phenoxy) is 2. The van der Waals surface area contributed by atoms with Gasteiger partial charge in [-0.2, -0.15) is 0 Å². The molecule has 0 radical (unpaired) electrons. The predicted octanol–water partition coefficient (Wildman–Crippen LogP) is 9.68. The van der Waals surface area contributed by atoms with Crippen LogP contribution < -0.4 is 9.47 Å². The summed E-state index contributed by atoms with van der Waals surface area (Å²) in [6.45, 7) is 0. The molecule has 1 aliphatic heterocycles. The lowest BCUT2D eigenvalue weighted by Crippen LogP contribution is -2.00. The molecule has 0 N–H and O–H groups in total. The number of hydrogen-bond acceptors (Lipinski definition) is 4. The molecule has 7 aromatic rings. The molecule has 0 saturated carbocycles. The van der Waals surface area contributed by atoms with Gasteiger partial charge in [0.15, 0.2) is 28.8 Å². The van der Waals surface area contributed by atoms with Crippen LogP contribution in [0.15, 0.2) is 133 Å². The first-order chi connectivity index (χ1) is 19.8. The first kappa shape index (κ1) is 22.5. The van der Waals surface area contributed by atoms with Gasteiger partial charge in [0, 0.05) is 21.9 Å². The van der Waals surface area contributed by atoms with Crippen LogP contribution in [-0.2, 0) is 0 Å². The molecule has 0 unspecified atom stereocenters. The van der Waals surface area contributed by atoms with E-state index in [0.29, 0.717) is 17.3 Å². The summed E-state index contributed by atoms with van der Waals surface area (Å²) in [4.78, 5) is 9.98. The molecule has 40 heavy (non-hydrogen) atoms. The van der Waals surface area contributed by atoms with Gasteiger partial charge in [0.2, 0.25) is 0 Å². The fraction of sp³-hybridized carbons (Fsp3) is 0. The Morgan fingerprint density at radius 2 is 1.15 bits per heavy atom. The Balaban J connectivity index is 1.20. The molecule has 0 amide bonds. The number of nitrogens with zero attached hydrogens (tertiary/aromatic N) is 2. The molecule has 0 bridgehead atoms. The van der Waals surface area contributed by atoms with Crippen molar-refractivity contribution in [3.63, 3.8) is 0 Å². The van der Waals surface area contributed by atoms with Gasteiger partial charge in [-0.15, -0.1) is 0 Å². The van der Waals surface area contributed by atoms with Crippen LogP contribution in [0.2, 0.25) is 0 Å². The van der Waals surface area contributed by atoms with E-state index in [1.54, 1.807) is 0 Å². The molecule has 1 aromatic heterocycles. The predicted molar refractivity (Wildman–Crippen MR) is 160 cm³/mol. The summed E-state index contributed by atoms with van der Waals surface area (Å²) >= 11 is 0. The minimum atomic E-state index is 0.692. The van der Waals surface area contributed by atoms with E-state index in [0.717, 1.165) is 61.1 Å². The van der Waals surface area contributed by atoms with Crippen molar-refractivity contribution < 1.29 is 9.47 Å². The van der Waals surface area contributed by atoms with E-state index in [1.807, 2.05) is 72.8 Å². The number of rotatable bonds is 3. The van der Waals surface area contributed by atoms with Crippen LogP contribution in [0.25, 0.3) is 55.4 Å². The normalized spacial score (nSPS) is 11.9. The number of fused-ring (bicyclic) bond motifs is 5. The highest BCUT2D eigenvalue weighted by atomic mass is 16.6.